The maximum atomic E-state index is 14.9. The number of imidazole rings is 1. The van der Waals surface area contributed by atoms with Gasteiger partial charge in [-0.1, -0.05) is 73.8 Å². The van der Waals surface area contributed by atoms with Crippen molar-refractivity contribution in [1.82, 2.24) is 9.55 Å². The highest BCUT2D eigenvalue weighted by Crippen LogP contribution is 2.31. The Hall–Kier alpha value is -3.73. The van der Waals surface area contributed by atoms with Gasteiger partial charge in [0.1, 0.15) is 5.82 Å². The summed E-state index contributed by atoms with van der Waals surface area (Å²) in [4.78, 5) is 16.0. The van der Waals surface area contributed by atoms with Gasteiger partial charge in [0.15, 0.2) is 11.9 Å². The first-order valence-electron chi connectivity index (χ1n) is 10.4. The molecule has 32 heavy (non-hydrogen) atoms. The van der Waals surface area contributed by atoms with Crippen molar-refractivity contribution in [2.24, 2.45) is 0 Å². The van der Waals surface area contributed by atoms with Gasteiger partial charge in [-0.15, -0.1) is 0 Å². The maximum Gasteiger partial charge on any atom is 0.219 e. The zero-order valence-electron chi connectivity index (χ0n) is 18.1. The molecule has 1 heterocycles. The average Bonchev–Trinajstić information content (AvgIpc) is 3.21. The van der Waals surface area contributed by atoms with Crippen LogP contribution >= 0.6 is 0 Å². The number of hydrogen-bond donors (Lipinski definition) is 1. The van der Waals surface area contributed by atoms with Crippen molar-refractivity contribution >= 4 is 11.9 Å². The molecule has 0 spiro atoms. The van der Waals surface area contributed by atoms with Crippen molar-refractivity contribution in [2.45, 2.75) is 32.0 Å². The van der Waals surface area contributed by atoms with Crippen molar-refractivity contribution < 1.29 is 14.3 Å². The number of alkyl halides is 1. The predicted molar refractivity (Wildman–Crippen MR) is 126 cm³/mol. The number of ketones is 1. The number of carbonyl (C=O) groups excluding carboxylic acids is 1. The molecule has 0 aliphatic heterocycles. The lowest BCUT2D eigenvalue weighted by Crippen LogP contribution is -2.12. The molecule has 0 fully saturated rings. The van der Waals surface area contributed by atoms with Crippen molar-refractivity contribution in [2.75, 3.05) is 0 Å². The van der Waals surface area contributed by atoms with E-state index in [2.05, 4.69) is 42.4 Å². The first-order valence-corrected chi connectivity index (χ1v) is 10.4. The van der Waals surface area contributed by atoms with E-state index in [-0.39, 0.29) is 5.92 Å². The highest BCUT2D eigenvalue weighted by Gasteiger charge is 2.21. The fourth-order valence-electron chi connectivity index (χ4n) is 3.67. The molecule has 0 saturated heterocycles. The number of aliphatic hydroxyl groups is 1. The summed E-state index contributed by atoms with van der Waals surface area (Å²) < 4.78 is 16.6. The summed E-state index contributed by atoms with van der Waals surface area (Å²) in [5.74, 6) is -0.733. The summed E-state index contributed by atoms with van der Waals surface area (Å²) in [7, 11) is 0. The van der Waals surface area contributed by atoms with Crippen LogP contribution in [0.5, 0.6) is 0 Å². The van der Waals surface area contributed by atoms with Crippen LogP contribution < -0.4 is 0 Å². The van der Waals surface area contributed by atoms with Crippen molar-refractivity contribution in [3.8, 4) is 0 Å². The lowest BCUT2D eigenvalue weighted by molar-refractivity contribution is -0.113. The van der Waals surface area contributed by atoms with Crippen LogP contribution in [0.2, 0.25) is 0 Å². The van der Waals surface area contributed by atoms with E-state index in [0.717, 1.165) is 17.2 Å². The van der Waals surface area contributed by atoms with Gasteiger partial charge in [-0.2, -0.15) is 0 Å². The number of aliphatic hydroxyl groups excluding tert-OH is 1. The van der Waals surface area contributed by atoms with E-state index < -0.39 is 17.7 Å². The SMILES string of the molecule is C=CC(=O)/C(O)=C/c1ncc(C(F)C(=C)C)n1CCC(c1ccccc1)c1ccccc1. The van der Waals surface area contributed by atoms with Crippen LogP contribution in [0.1, 0.15) is 48.1 Å². The van der Waals surface area contributed by atoms with Crippen LogP contribution in [0, 0.1) is 0 Å². The third-order valence-electron chi connectivity index (χ3n) is 5.36. The fraction of sp³-hybridized carbons (Fsp3) is 0.185. The molecule has 1 aromatic heterocycles. The third kappa shape index (κ3) is 5.30. The Morgan fingerprint density at radius 3 is 2.19 bits per heavy atom. The summed E-state index contributed by atoms with van der Waals surface area (Å²) in [5.41, 5.74) is 3.00. The number of benzene rings is 2. The second-order valence-corrected chi connectivity index (χ2v) is 7.66. The van der Waals surface area contributed by atoms with E-state index in [9.17, 15) is 14.3 Å². The molecule has 0 amide bonds. The first kappa shape index (κ1) is 22.9. The Bertz CT molecular complexity index is 1080. The Labute approximate surface area is 188 Å². The van der Waals surface area contributed by atoms with E-state index in [1.165, 1.54) is 12.3 Å². The normalized spacial score (nSPS) is 12.5. The van der Waals surface area contributed by atoms with Gasteiger partial charge in [0.2, 0.25) is 5.78 Å². The first-order chi connectivity index (χ1) is 15.4. The number of hydrogen-bond acceptors (Lipinski definition) is 3. The maximum absolute atomic E-state index is 14.9. The Morgan fingerprint density at radius 1 is 1.12 bits per heavy atom. The van der Waals surface area contributed by atoms with Gasteiger partial charge in [-0.25, -0.2) is 9.37 Å². The van der Waals surface area contributed by atoms with Crippen LogP contribution in [0.3, 0.4) is 0 Å². The molecule has 4 nitrogen and oxygen atoms in total. The van der Waals surface area contributed by atoms with Gasteiger partial charge in [0.25, 0.3) is 0 Å². The average molecular weight is 431 g/mol. The summed E-state index contributed by atoms with van der Waals surface area (Å²) in [6.07, 6.45) is 2.95. The van der Waals surface area contributed by atoms with Crippen molar-refractivity contribution in [3.05, 3.63) is 120 Å². The van der Waals surface area contributed by atoms with Gasteiger partial charge in [0.05, 0.1) is 11.9 Å². The summed E-state index contributed by atoms with van der Waals surface area (Å²) >= 11 is 0. The van der Waals surface area contributed by atoms with Gasteiger partial charge in [-0.05, 0) is 36.1 Å². The van der Waals surface area contributed by atoms with Gasteiger partial charge in [0, 0.05) is 18.5 Å². The Kier molecular flexibility index (Phi) is 7.55. The fourth-order valence-corrected chi connectivity index (χ4v) is 3.67. The Morgan fingerprint density at radius 2 is 1.69 bits per heavy atom. The summed E-state index contributed by atoms with van der Waals surface area (Å²) in [6, 6.07) is 20.3. The second kappa shape index (κ2) is 10.5. The number of nitrogens with zero attached hydrogens (tertiary/aromatic N) is 2. The van der Waals surface area contributed by atoms with E-state index in [4.69, 9.17) is 0 Å². The monoisotopic (exact) mass is 430 g/mol. The molecule has 1 atom stereocenters. The minimum Gasteiger partial charge on any atom is -0.504 e. The Balaban J connectivity index is 1.99. The van der Waals surface area contributed by atoms with E-state index in [0.29, 0.717) is 30.1 Å². The van der Waals surface area contributed by atoms with Gasteiger partial charge < -0.3 is 9.67 Å². The number of allylic oxidation sites excluding steroid dienone is 2. The largest absolute Gasteiger partial charge is 0.504 e. The van der Waals surface area contributed by atoms with Crippen LogP contribution in [-0.2, 0) is 11.3 Å². The van der Waals surface area contributed by atoms with E-state index in [1.54, 1.807) is 11.5 Å². The molecule has 0 aliphatic rings. The standard InChI is InChI=1S/C27H27FN2O2/c1-4-24(31)25(32)17-26-29-18-23(27(28)19(2)3)30(26)16-15-22(20-11-7-5-8-12-20)21-13-9-6-10-14-21/h4-14,17-18,22,27,32H,1-2,15-16H2,3H3/b25-17-. The predicted octanol–water partition coefficient (Wildman–Crippen LogP) is 6.35. The van der Waals surface area contributed by atoms with Crippen LogP contribution in [0.15, 0.2) is 97.4 Å². The molecule has 1 N–H and O–H groups in total. The highest BCUT2D eigenvalue weighted by atomic mass is 19.1. The topological polar surface area (TPSA) is 55.1 Å². The summed E-state index contributed by atoms with van der Waals surface area (Å²) in [6.45, 7) is 9.15. The lowest BCUT2D eigenvalue weighted by atomic mass is 9.88. The van der Waals surface area contributed by atoms with Gasteiger partial charge in [-0.3, -0.25) is 4.79 Å². The summed E-state index contributed by atoms with van der Waals surface area (Å²) in [5, 5.41) is 10.1. The van der Waals surface area contributed by atoms with Crippen molar-refractivity contribution in [3.63, 3.8) is 0 Å². The third-order valence-corrected chi connectivity index (χ3v) is 5.36. The minimum atomic E-state index is -1.41. The molecule has 1 unspecified atom stereocenters. The molecule has 5 heteroatoms. The molecule has 3 aromatic rings. The van der Waals surface area contributed by atoms with E-state index in [1.807, 2.05) is 36.4 Å². The second-order valence-electron chi connectivity index (χ2n) is 7.66. The van der Waals surface area contributed by atoms with Crippen LogP contribution in [0.25, 0.3) is 6.08 Å². The minimum absolute atomic E-state index is 0.0794. The molecule has 0 bridgehead atoms. The lowest BCUT2D eigenvalue weighted by Gasteiger charge is -2.20. The molecule has 0 radical (unpaired) electrons. The van der Waals surface area contributed by atoms with Crippen LogP contribution in [-0.4, -0.2) is 20.4 Å². The smallest absolute Gasteiger partial charge is 0.219 e. The molecule has 0 saturated carbocycles. The molecule has 3 rings (SSSR count). The quantitative estimate of drug-likeness (QED) is 0.232. The van der Waals surface area contributed by atoms with Crippen molar-refractivity contribution in [1.29, 1.82) is 0 Å². The number of halogens is 1. The number of rotatable bonds is 10. The molecular weight excluding hydrogens is 403 g/mol. The number of aromatic nitrogens is 2. The molecular formula is C27H27FN2O2. The molecule has 2 aromatic carbocycles. The van der Waals surface area contributed by atoms with E-state index >= 15 is 0 Å². The highest BCUT2D eigenvalue weighted by molar-refractivity contribution is 6.04. The van der Waals surface area contributed by atoms with Gasteiger partial charge >= 0.3 is 0 Å². The molecule has 0 aliphatic carbocycles. The van der Waals surface area contributed by atoms with Crippen LogP contribution in [0.4, 0.5) is 4.39 Å². The number of carbonyl (C=O) groups is 1. The zero-order valence-corrected chi connectivity index (χ0v) is 18.1. The zero-order chi connectivity index (χ0) is 23.1. The molecule has 164 valence electrons.